The predicted octanol–water partition coefficient (Wildman–Crippen LogP) is 3.19. The van der Waals surface area contributed by atoms with Gasteiger partial charge in [-0.05, 0) is 31.8 Å². The van der Waals surface area contributed by atoms with Gasteiger partial charge in [-0.3, -0.25) is 4.99 Å². The Morgan fingerprint density at radius 2 is 2.19 bits per heavy atom. The Morgan fingerprint density at radius 3 is 2.88 bits per heavy atom. The van der Waals surface area contributed by atoms with Gasteiger partial charge in [-0.1, -0.05) is 12.1 Å². The first-order valence-electron chi connectivity index (χ1n) is 4.91. The van der Waals surface area contributed by atoms with Gasteiger partial charge in [0, 0.05) is 11.3 Å². The molecule has 0 aliphatic carbocycles. The topological polar surface area (TPSA) is 51.9 Å². The molecule has 16 heavy (non-hydrogen) atoms. The number of aromatic nitrogens is 1. The van der Waals surface area contributed by atoms with E-state index >= 15 is 0 Å². The second-order valence-electron chi connectivity index (χ2n) is 3.56. The highest BCUT2D eigenvalue weighted by Crippen LogP contribution is 2.26. The molecule has 0 spiro atoms. The minimum Gasteiger partial charge on any atom is -0.358 e. The van der Waals surface area contributed by atoms with Gasteiger partial charge in [-0.25, -0.2) is 0 Å². The molecule has 1 heterocycles. The summed E-state index contributed by atoms with van der Waals surface area (Å²) < 4.78 is 0. The predicted molar refractivity (Wildman–Crippen MR) is 64.9 cm³/mol. The quantitative estimate of drug-likeness (QED) is 0.758. The number of hydrogen-bond acceptors (Lipinski definition) is 2. The van der Waals surface area contributed by atoms with Gasteiger partial charge in [0.25, 0.3) is 0 Å². The molecule has 0 aliphatic rings. The summed E-state index contributed by atoms with van der Waals surface area (Å²) in [5.41, 5.74) is 4.22. The second kappa shape index (κ2) is 4.03. The molecule has 3 heteroatoms. The molecule has 1 aromatic carbocycles. The van der Waals surface area contributed by atoms with Gasteiger partial charge in [0.15, 0.2) is 0 Å². The van der Waals surface area contributed by atoms with Crippen LogP contribution in [0.5, 0.6) is 0 Å². The average molecular weight is 209 g/mol. The van der Waals surface area contributed by atoms with Crippen LogP contribution in [0.1, 0.15) is 11.3 Å². The number of nitrogens with zero attached hydrogens (tertiary/aromatic N) is 2. The van der Waals surface area contributed by atoms with E-state index in [-0.39, 0.29) is 0 Å². The number of aromatic amines is 1. The normalized spacial score (nSPS) is 9.75. The van der Waals surface area contributed by atoms with Crippen LogP contribution in [0.4, 0.5) is 5.69 Å². The van der Waals surface area contributed by atoms with E-state index in [0.29, 0.717) is 5.56 Å². The van der Waals surface area contributed by atoms with Gasteiger partial charge in [-0.2, -0.15) is 5.26 Å². The van der Waals surface area contributed by atoms with Gasteiger partial charge in [0.2, 0.25) is 0 Å². The number of rotatable bonds is 2. The van der Waals surface area contributed by atoms with Crippen LogP contribution in [0.2, 0.25) is 0 Å². The fourth-order valence-corrected chi connectivity index (χ4v) is 1.66. The molecule has 0 saturated heterocycles. The fraction of sp³-hybridized carbons (Fsp3) is 0.0769. The smallest absolute Gasteiger partial charge is 0.101 e. The standard InChI is InChI=1S/C13H11N3/c1-9-6-11(8-14)13(16-9)10-4-3-5-12(7-10)15-2/h3-7,16H,2H2,1H3. The highest BCUT2D eigenvalue weighted by molar-refractivity contribution is 5.70. The Labute approximate surface area is 94.1 Å². The summed E-state index contributed by atoms with van der Waals surface area (Å²) in [4.78, 5) is 7.05. The number of aryl methyl sites for hydroxylation is 1. The average Bonchev–Trinajstić information content (AvgIpc) is 2.70. The third-order valence-electron chi connectivity index (χ3n) is 2.39. The number of hydrogen-bond donors (Lipinski definition) is 1. The summed E-state index contributed by atoms with van der Waals surface area (Å²) in [5.74, 6) is 0. The lowest BCUT2D eigenvalue weighted by molar-refractivity contribution is 1.27. The lowest BCUT2D eigenvalue weighted by Crippen LogP contribution is -1.81. The van der Waals surface area contributed by atoms with Crippen molar-refractivity contribution in [2.24, 2.45) is 4.99 Å². The zero-order chi connectivity index (χ0) is 11.5. The molecule has 0 unspecified atom stereocenters. The van der Waals surface area contributed by atoms with Crippen molar-refractivity contribution < 1.29 is 0 Å². The molecule has 2 rings (SSSR count). The Balaban J connectivity index is 2.58. The number of aliphatic imine (C=N–C) groups is 1. The molecule has 3 nitrogen and oxygen atoms in total. The molecule has 78 valence electrons. The highest BCUT2D eigenvalue weighted by Gasteiger charge is 2.08. The molecule has 1 aromatic heterocycles. The molecule has 2 aromatic rings. The summed E-state index contributed by atoms with van der Waals surface area (Å²) >= 11 is 0. The molecule has 1 N–H and O–H groups in total. The van der Waals surface area contributed by atoms with E-state index in [1.807, 2.05) is 37.3 Å². The zero-order valence-corrected chi connectivity index (χ0v) is 8.99. The van der Waals surface area contributed by atoms with Crippen LogP contribution in [0, 0.1) is 18.3 Å². The van der Waals surface area contributed by atoms with Gasteiger partial charge < -0.3 is 4.98 Å². The lowest BCUT2D eigenvalue weighted by atomic mass is 10.1. The largest absolute Gasteiger partial charge is 0.358 e. The third-order valence-corrected chi connectivity index (χ3v) is 2.39. The fourth-order valence-electron chi connectivity index (χ4n) is 1.66. The van der Waals surface area contributed by atoms with Crippen molar-refractivity contribution in [1.82, 2.24) is 4.98 Å². The molecule has 0 fully saturated rings. The molecule has 0 bridgehead atoms. The lowest BCUT2D eigenvalue weighted by Gasteiger charge is -2.00. The first-order chi connectivity index (χ1) is 7.74. The summed E-state index contributed by atoms with van der Waals surface area (Å²) in [7, 11) is 0. The maximum absolute atomic E-state index is 9.01. The van der Waals surface area contributed by atoms with Crippen molar-refractivity contribution in [2.75, 3.05) is 0 Å². The Morgan fingerprint density at radius 1 is 1.38 bits per heavy atom. The van der Waals surface area contributed by atoms with Crippen LogP contribution in [-0.4, -0.2) is 11.7 Å². The maximum Gasteiger partial charge on any atom is 0.101 e. The molecule has 0 radical (unpaired) electrons. The van der Waals surface area contributed by atoms with Crippen molar-refractivity contribution >= 4 is 12.4 Å². The summed E-state index contributed by atoms with van der Waals surface area (Å²) in [6, 6.07) is 11.6. The van der Waals surface area contributed by atoms with Crippen LogP contribution >= 0.6 is 0 Å². The summed E-state index contributed by atoms with van der Waals surface area (Å²) in [5, 5.41) is 9.01. The minimum atomic E-state index is 0.652. The van der Waals surface area contributed by atoms with Crippen LogP contribution in [0.15, 0.2) is 35.3 Å². The first-order valence-corrected chi connectivity index (χ1v) is 4.91. The van der Waals surface area contributed by atoms with E-state index in [9.17, 15) is 0 Å². The van der Waals surface area contributed by atoms with Gasteiger partial charge in [0.1, 0.15) is 6.07 Å². The van der Waals surface area contributed by atoms with E-state index in [2.05, 4.69) is 22.8 Å². The van der Waals surface area contributed by atoms with Crippen LogP contribution in [0.3, 0.4) is 0 Å². The van der Waals surface area contributed by atoms with E-state index in [1.165, 1.54) is 0 Å². The monoisotopic (exact) mass is 209 g/mol. The molecule has 0 atom stereocenters. The van der Waals surface area contributed by atoms with Gasteiger partial charge in [0.05, 0.1) is 16.9 Å². The zero-order valence-electron chi connectivity index (χ0n) is 8.99. The Bertz CT molecular complexity index is 573. The van der Waals surface area contributed by atoms with E-state index < -0.39 is 0 Å². The van der Waals surface area contributed by atoms with Crippen molar-refractivity contribution in [3.8, 4) is 17.3 Å². The first kappa shape index (κ1) is 10.2. The van der Waals surface area contributed by atoms with Crippen LogP contribution in [-0.2, 0) is 0 Å². The second-order valence-corrected chi connectivity index (χ2v) is 3.56. The molecular weight excluding hydrogens is 198 g/mol. The van der Waals surface area contributed by atoms with Gasteiger partial charge >= 0.3 is 0 Å². The minimum absolute atomic E-state index is 0.652. The number of nitriles is 1. The van der Waals surface area contributed by atoms with Crippen molar-refractivity contribution in [3.05, 3.63) is 41.6 Å². The van der Waals surface area contributed by atoms with E-state index in [4.69, 9.17) is 5.26 Å². The SMILES string of the molecule is C=Nc1cccc(-c2[nH]c(C)cc2C#N)c1. The number of nitrogens with one attached hydrogen (secondary N) is 1. The maximum atomic E-state index is 9.01. The molecular formula is C13H11N3. The summed E-state index contributed by atoms with van der Waals surface area (Å²) in [6.07, 6.45) is 0. The van der Waals surface area contributed by atoms with Crippen LogP contribution < -0.4 is 0 Å². The molecule has 0 aliphatic heterocycles. The number of benzene rings is 1. The van der Waals surface area contributed by atoms with Crippen LogP contribution in [0.25, 0.3) is 11.3 Å². The van der Waals surface area contributed by atoms with Crippen molar-refractivity contribution in [3.63, 3.8) is 0 Å². The Hall–Kier alpha value is -2.34. The Kier molecular flexibility index (Phi) is 2.57. The van der Waals surface area contributed by atoms with Gasteiger partial charge in [-0.15, -0.1) is 0 Å². The van der Waals surface area contributed by atoms with E-state index in [0.717, 1.165) is 22.6 Å². The molecule has 0 saturated carbocycles. The third kappa shape index (κ3) is 1.73. The van der Waals surface area contributed by atoms with Crippen molar-refractivity contribution in [2.45, 2.75) is 6.92 Å². The highest BCUT2D eigenvalue weighted by atomic mass is 14.7. The van der Waals surface area contributed by atoms with E-state index in [1.54, 1.807) is 0 Å². The molecule has 0 amide bonds. The summed E-state index contributed by atoms with van der Waals surface area (Å²) in [6.45, 7) is 5.42. The number of H-pyrrole nitrogens is 1. The van der Waals surface area contributed by atoms with Crippen molar-refractivity contribution in [1.29, 1.82) is 5.26 Å².